The number of hydrogen-bond acceptors (Lipinski definition) is 4. The predicted molar refractivity (Wildman–Crippen MR) is 101 cm³/mol. The van der Waals surface area contributed by atoms with Crippen molar-refractivity contribution in [1.82, 2.24) is 5.32 Å². The first-order chi connectivity index (χ1) is 12.4. The lowest BCUT2D eigenvalue weighted by Crippen LogP contribution is -2.55. The number of amides is 2. The molecule has 6 heteroatoms. The normalized spacial score (nSPS) is 19.9. The molecule has 1 aliphatic heterocycles. The third kappa shape index (κ3) is 4.75. The molecule has 0 saturated carbocycles. The predicted octanol–water partition coefficient (Wildman–Crippen LogP) is 2.90. The molecule has 1 fully saturated rings. The Labute approximate surface area is 155 Å². The van der Waals surface area contributed by atoms with Crippen molar-refractivity contribution < 1.29 is 19.1 Å². The van der Waals surface area contributed by atoms with Crippen molar-refractivity contribution in [2.45, 2.75) is 58.6 Å². The Morgan fingerprint density at radius 1 is 1.31 bits per heavy atom. The van der Waals surface area contributed by atoms with Crippen molar-refractivity contribution >= 4 is 17.5 Å². The summed E-state index contributed by atoms with van der Waals surface area (Å²) in [5.41, 5.74) is -0.153. The third-order valence-corrected chi connectivity index (χ3v) is 4.52. The minimum Gasteiger partial charge on any atom is -0.494 e. The number of hydrogen-bond donors (Lipinski definition) is 1. The Balaban J connectivity index is 2.02. The molecule has 1 N–H and O–H groups in total. The van der Waals surface area contributed by atoms with Crippen LogP contribution in [0.2, 0.25) is 0 Å². The van der Waals surface area contributed by atoms with Gasteiger partial charge in [-0.1, -0.05) is 0 Å². The maximum absolute atomic E-state index is 12.8. The van der Waals surface area contributed by atoms with Gasteiger partial charge in [0.15, 0.2) is 0 Å². The van der Waals surface area contributed by atoms with Crippen LogP contribution in [0.25, 0.3) is 0 Å². The number of ether oxygens (including phenoxy) is 2. The molecule has 6 nitrogen and oxygen atoms in total. The molecule has 0 aromatic heterocycles. The summed E-state index contributed by atoms with van der Waals surface area (Å²) in [7, 11) is 0. The van der Waals surface area contributed by atoms with Crippen molar-refractivity contribution in [2.24, 2.45) is 0 Å². The Kier molecular flexibility index (Phi) is 7.03. The molecule has 2 amide bonds. The van der Waals surface area contributed by atoms with Gasteiger partial charge in [0.05, 0.1) is 12.7 Å². The SMILES string of the molecule is CCOc1ccc(N2C(=O)CCC2(C)C(=O)NCCCOC(C)C)cc1. The van der Waals surface area contributed by atoms with E-state index >= 15 is 0 Å². The molecule has 0 bridgehead atoms. The lowest BCUT2D eigenvalue weighted by molar-refractivity contribution is -0.127. The molecule has 1 atom stereocenters. The van der Waals surface area contributed by atoms with Gasteiger partial charge in [-0.15, -0.1) is 0 Å². The Hall–Kier alpha value is -2.08. The average Bonchev–Trinajstić information content (AvgIpc) is 2.91. The molecule has 26 heavy (non-hydrogen) atoms. The van der Waals surface area contributed by atoms with Crippen LogP contribution in [0, 0.1) is 0 Å². The zero-order valence-electron chi connectivity index (χ0n) is 16.2. The summed E-state index contributed by atoms with van der Waals surface area (Å²) in [5.74, 6) is 0.593. The van der Waals surface area contributed by atoms with Crippen LogP contribution in [0.1, 0.15) is 47.0 Å². The van der Waals surface area contributed by atoms with E-state index in [-0.39, 0.29) is 17.9 Å². The monoisotopic (exact) mass is 362 g/mol. The maximum Gasteiger partial charge on any atom is 0.246 e. The molecule has 2 rings (SSSR count). The number of anilines is 1. The van der Waals surface area contributed by atoms with Crippen LogP contribution >= 0.6 is 0 Å². The number of benzene rings is 1. The van der Waals surface area contributed by atoms with Gasteiger partial charge in [0.25, 0.3) is 0 Å². The van der Waals surface area contributed by atoms with Crippen LogP contribution in [0.4, 0.5) is 5.69 Å². The quantitative estimate of drug-likeness (QED) is 0.686. The first kappa shape index (κ1) is 20.2. The lowest BCUT2D eigenvalue weighted by atomic mass is 9.97. The highest BCUT2D eigenvalue weighted by Gasteiger charge is 2.47. The van der Waals surface area contributed by atoms with Crippen molar-refractivity contribution in [3.8, 4) is 5.75 Å². The largest absolute Gasteiger partial charge is 0.494 e. The first-order valence-electron chi connectivity index (χ1n) is 9.34. The standard InChI is InChI=1S/C20H30N2O4/c1-5-25-17-9-7-16(8-10-17)22-18(23)11-12-20(22,4)19(24)21-13-6-14-26-15(2)3/h7-10,15H,5-6,11-14H2,1-4H3,(H,21,24). The number of nitrogens with one attached hydrogen (secondary N) is 1. The number of carbonyl (C=O) groups excluding carboxylic acids is 2. The van der Waals surface area contributed by atoms with Crippen molar-refractivity contribution in [3.05, 3.63) is 24.3 Å². The molecule has 1 aromatic carbocycles. The fourth-order valence-corrected chi connectivity index (χ4v) is 3.13. The maximum atomic E-state index is 12.8. The summed E-state index contributed by atoms with van der Waals surface area (Å²) in [6, 6.07) is 7.31. The molecule has 0 spiro atoms. The molecule has 1 aromatic rings. The lowest BCUT2D eigenvalue weighted by Gasteiger charge is -2.34. The van der Waals surface area contributed by atoms with Crippen molar-refractivity contribution in [3.63, 3.8) is 0 Å². The Morgan fingerprint density at radius 3 is 2.62 bits per heavy atom. The number of nitrogens with zero attached hydrogens (tertiary/aromatic N) is 1. The Bertz CT molecular complexity index is 615. The Morgan fingerprint density at radius 2 is 2.00 bits per heavy atom. The zero-order valence-corrected chi connectivity index (χ0v) is 16.2. The average molecular weight is 362 g/mol. The molecule has 0 radical (unpaired) electrons. The molecule has 0 aliphatic carbocycles. The second kappa shape index (κ2) is 9.03. The summed E-state index contributed by atoms with van der Waals surface area (Å²) in [4.78, 5) is 26.9. The van der Waals surface area contributed by atoms with Crippen LogP contribution in [0.3, 0.4) is 0 Å². The van der Waals surface area contributed by atoms with Crippen LogP contribution in [-0.2, 0) is 14.3 Å². The van der Waals surface area contributed by atoms with Gasteiger partial charge in [-0.3, -0.25) is 14.5 Å². The second-order valence-corrected chi connectivity index (χ2v) is 6.96. The van der Waals surface area contributed by atoms with E-state index in [1.807, 2.05) is 52.0 Å². The van der Waals surface area contributed by atoms with Gasteiger partial charge in [-0.2, -0.15) is 0 Å². The van der Waals surface area contributed by atoms with Gasteiger partial charge in [-0.05, 0) is 64.8 Å². The molecule has 1 aliphatic rings. The zero-order chi connectivity index (χ0) is 19.2. The minimum atomic E-state index is -0.872. The number of rotatable bonds is 9. The van der Waals surface area contributed by atoms with Crippen LogP contribution < -0.4 is 15.0 Å². The van der Waals surface area contributed by atoms with Gasteiger partial charge in [0, 0.05) is 25.3 Å². The van der Waals surface area contributed by atoms with E-state index in [1.165, 1.54) is 0 Å². The highest BCUT2D eigenvalue weighted by atomic mass is 16.5. The molecule has 1 saturated heterocycles. The summed E-state index contributed by atoms with van der Waals surface area (Å²) in [5, 5.41) is 2.95. The van der Waals surface area contributed by atoms with Gasteiger partial charge in [-0.25, -0.2) is 0 Å². The summed E-state index contributed by atoms with van der Waals surface area (Å²) >= 11 is 0. The van der Waals surface area contributed by atoms with Gasteiger partial charge < -0.3 is 14.8 Å². The highest BCUT2D eigenvalue weighted by Crippen LogP contribution is 2.35. The van der Waals surface area contributed by atoms with Crippen molar-refractivity contribution in [2.75, 3.05) is 24.7 Å². The van der Waals surface area contributed by atoms with Crippen LogP contribution in [0.5, 0.6) is 5.75 Å². The van der Waals surface area contributed by atoms with Crippen LogP contribution in [-0.4, -0.2) is 43.2 Å². The highest BCUT2D eigenvalue weighted by molar-refractivity contribution is 6.06. The first-order valence-corrected chi connectivity index (χ1v) is 9.34. The van der Waals surface area contributed by atoms with E-state index in [9.17, 15) is 9.59 Å². The fraction of sp³-hybridized carbons (Fsp3) is 0.600. The second-order valence-electron chi connectivity index (χ2n) is 6.96. The molecule has 144 valence electrons. The molecular weight excluding hydrogens is 332 g/mol. The van der Waals surface area contributed by atoms with Gasteiger partial charge in [0.2, 0.25) is 11.8 Å². The van der Waals surface area contributed by atoms with Crippen molar-refractivity contribution in [1.29, 1.82) is 0 Å². The van der Waals surface area contributed by atoms with E-state index in [0.29, 0.717) is 32.6 Å². The molecule has 1 unspecified atom stereocenters. The summed E-state index contributed by atoms with van der Waals surface area (Å²) < 4.78 is 10.9. The van der Waals surface area contributed by atoms with E-state index in [4.69, 9.17) is 9.47 Å². The van der Waals surface area contributed by atoms with E-state index in [1.54, 1.807) is 4.90 Å². The summed E-state index contributed by atoms with van der Waals surface area (Å²) in [6.07, 6.45) is 1.81. The van der Waals surface area contributed by atoms with E-state index in [2.05, 4.69) is 5.32 Å². The minimum absolute atomic E-state index is 0.0325. The summed E-state index contributed by atoms with van der Waals surface area (Å²) in [6.45, 7) is 9.45. The van der Waals surface area contributed by atoms with Crippen LogP contribution in [0.15, 0.2) is 24.3 Å². The van der Waals surface area contributed by atoms with Gasteiger partial charge in [0.1, 0.15) is 11.3 Å². The third-order valence-electron chi connectivity index (χ3n) is 4.52. The topological polar surface area (TPSA) is 67.9 Å². The molecule has 1 heterocycles. The number of carbonyl (C=O) groups is 2. The smallest absolute Gasteiger partial charge is 0.246 e. The molecular formula is C20H30N2O4. The van der Waals surface area contributed by atoms with Gasteiger partial charge >= 0.3 is 0 Å². The fourth-order valence-electron chi connectivity index (χ4n) is 3.13. The van der Waals surface area contributed by atoms with E-state index in [0.717, 1.165) is 17.9 Å². The van der Waals surface area contributed by atoms with E-state index < -0.39 is 5.54 Å².